The van der Waals surface area contributed by atoms with Crippen molar-refractivity contribution in [1.82, 2.24) is 4.90 Å². The van der Waals surface area contributed by atoms with Crippen molar-refractivity contribution < 1.29 is 28.9 Å². The molecule has 8 heteroatoms. The summed E-state index contributed by atoms with van der Waals surface area (Å²) in [6.07, 6.45) is 15.2. The number of unbranched alkanes of at least 4 members (excludes halogenated alkanes) is 4. The predicted molar refractivity (Wildman–Crippen MR) is 201 cm³/mol. The van der Waals surface area contributed by atoms with E-state index in [1.165, 1.54) is 57.8 Å². The Kier molecular flexibility index (Phi) is 13.8. The second kappa shape index (κ2) is 18.5. The third-order valence-electron chi connectivity index (χ3n) is 11.0. The lowest BCUT2D eigenvalue weighted by molar-refractivity contribution is -0.131. The maximum Gasteiger partial charge on any atom is 0.336 e. The first kappa shape index (κ1) is 38.2. The molecule has 3 aromatic carbocycles. The zero-order valence-electron chi connectivity index (χ0n) is 30.9. The van der Waals surface area contributed by atoms with E-state index in [0.29, 0.717) is 54.3 Å². The van der Waals surface area contributed by atoms with Crippen LogP contribution in [0.2, 0.25) is 0 Å². The summed E-state index contributed by atoms with van der Waals surface area (Å²) in [5.41, 5.74) is 9.44. The fourth-order valence-corrected chi connectivity index (χ4v) is 8.84. The fraction of sp³-hybridized carbons (Fsp3) is 0.535. The molecule has 4 bridgehead atoms. The standard InChI is InChI=1S/C33H41NO6.C10H17N/c1-4-5-6-7-10-22-34(23-26-13-11-15-30(38-2)32(26)39-3)31(35)21-18-25-16-19-28(20-17-25)40-24-27-12-8-9-14-29(27)33(36)37;11-10-4-7-1-8(5-10)3-9(2-7)6-10/h8-9,11-17,19-20H,4-7,10,18,21-24H2,1-3H3,(H,36,37);7-9H,1-6,11H2. The second-order valence-corrected chi connectivity index (χ2v) is 15.1. The van der Waals surface area contributed by atoms with Gasteiger partial charge in [0.1, 0.15) is 12.4 Å². The number of amides is 1. The van der Waals surface area contributed by atoms with Crippen LogP contribution >= 0.6 is 0 Å². The van der Waals surface area contributed by atoms with Gasteiger partial charge in [0, 0.05) is 36.2 Å². The highest BCUT2D eigenvalue weighted by atomic mass is 16.5. The SMILES string of the molecule is CCCCCCCN(Cc1cccc(OC)c1OC)C(=O)CCc1ccc(OCc2ccccc2C(=O)O)cc1.NC12CC3CC(CC(C3)C1)C2. The topological polar surface area (TPSA) is 111 Å². The number of nitrogens with zero attached hydrogens (tertiary/aromatic N) is 1. The van der Waals surface area contributed by atoms with Crippen LogP contribution in [0.4, 0.5) is 0 Å². The van der Waals surface area contributed by atoms with Crippen LogP contribution in [0.1, 0.15) is 111 Å². The van der Waals surface area contributed by atoms with Gasteiger partial charge >= 0.3 is 5.97 Å². The number of rotatable bonds is 17. The van der Waals surface area contributed by atoms with E-state index in [-0.39, 0.29) is 18.1 Å². The zero-order valence-corrected chi connectivity index (χ0v) is 30.9. The van der Waals surface area contributed by atoms with E-state index in [1.54, 1.807) is 38.5 Å². The number of ether oxygens (including phenoxy) is 3. The molecule has 0 spiro atoms. The molecule has 3 aromatic rings. The normalized spacial score (nSPS) is 21.4. The number of carbonyl (C=O) groups excluding carboxylic acids is 1. The van der Waals surface area contributed by atoms with Crippen LogP contribution in [-0.4, -0.2) is 48.2 Å². The van der Waals surface area contributed by atoms with Gasteiger partial charge in [-0.3, -0.25) is 4.79 Å². The van der Waals surface area contributed by atoms with Gasteiger partial charge < -0.3 is 30.0 Å². The van der Waals surface area contributed by atoms with E-state index in [4.69, 9.17) is 19.9 Å². The van der Waals surface area contributed by atoms with Gasteiger partial charge in [-0.05, 0) is 98.9 Å². The number of aryl methyl sites for hydroxylation is 1. The molecule has 0 radical (unpaired) electrons. The Balaban J connectivity index is 0.000000380. The van der Waals surface area contributed by atoms with Crippen LogP contribution in [-0.2, 0) is 24.4 Å². The minimum atomic E-state index is -0.973. The van der Waals surface area contributed by atoms with E-state index in [1.807, 2.05) is 47.4 Å². The van der Waals surface area contributed by atoms with E-state index in [0.717, 1.165) is 41.7 Å². The summed E-state index contributed by atoms with van der Waals surface area (Å²) in [6.45, 7) is 3.54. The van der Waals surface area contributed by atoms with E-state index in [9.17, 15) is 14.7 Å². The minimum Gasteiger partial charge on any atom is -0.493 e. The van der Waals surface area contributed by atoms with Gasteiger partial charge in [-0.2, -0.15) is 0 Å². The Labute approximate surface area is 304 Å². The Hall–Kier alpha value is -4.04. The van der Waals surface area contributed by atoms with Gasteiger partial charge in [0.25, 0.3) is 0 Å². The molecular weight excluding hydrogens is 640 g/mol. The first-order chi connectivity index (χ1) is 24.7. The molecule has 0 atom stereocenters. The van der Waals surface area contributed by atoms with Crippen molar-refractivity contribution in [3.05, 3.63) is 89.0 Å². The van der Waals surface area contributed by atoms with Gasteiger partial charge in [0.2, 0.25) is 5.91 Å². The highest BCUT2D eigenvalue weighted by molar-refractivity contribution is 5.89. The number of hydrogen-bond acceptors (Lipinski definition) is 6. The molecule has 4 aliphatic rings. The average molecular weight is 699 g/mol. The monoisotopic (exact) mass is 698 g/mol. The fourth-order valence-electron chi connectivity index (χ4n) is 8.84. The Morgan fingerprint density at radius 3 is 2.08 bits per heavy atom. The van der Waals surface area contributed by atoms with Crippen LogP contribution < -0.4 is 19.9 Å². The molecule has 0 heterocycles. The summed E-state index contributed by atoms with van der Waals surface area (Å²) in [6, 6.07) is 20.2. The third-order valence-corrected chi connectivity index (χ3v) is 11.0. The van der Waals surface area contributed by atoms with Gasteiger partial charge in [0.15, 0.2) is 11.5 Å². The highest BCUT2D eigenvalue weighted by Crippen LogP contribution is 2.54. The lowest BCUT2D eigenvalue weighted by atomic mass is 9.53. The van der Waals surface area contributed by atoms with Gasteiger partial charge in [0.05, 0.1) is 19.8 Å². The summed E-state index contributed by atoms with van der Waals surface area (Å²) in [4.78, 5) is 26.7. The molecular formula is C43H58N2O6. The van der Waals surface area contributed by atoms with Crippen molar-refractivity contribution in [1.29, 1.82) is 0 Å². The molecule has 4 fully saturated rings. The number of benzene rings is 3. The molecule has 51 heavy (non-hydrogen) atoms. The first-order valence-corrected chi connectivity index (χ1v) is 19.0. The van der Waals surface area contributed by atoms with Crippen LogP contribution in [0, 0.1) is 17.8 Å². The molecule has 4 aliphatic carbocycles. The molecule has 276 valence electrons. The number of carbonyl (C=O) groups is 2. The summed E-state index contributed by atoms with van der Waals surface area (Å²) in [5.74, 6) is 4.15. The van der Waals surface area contributed by atoms with Crippen LogP contribution in [0.5, 0.6) is 17.2 Å². The van der Waals surface area contributed by atoms with Crippen molar-refractivity contribution in [2.45, 2.75) is 109 Å². The van der Waals surface area contributed by atoms with Crippen molar-refractivity contribution in [3.8, 4) is 17.2 Å². The van der Waals surface area contributed by atoms with Crippen LogP contribution in [0.25, 0.3) is 0 Å². The molecule has 0 saturated heterocycles. The summed E-state index contributed by atoms with van der Waals surface area (Å²) in [7, 11) is 3.24. The molecule has 0 aliphatic heterocycles. The summed E-state index contributed by atoms with van der Waals surface area (Å²) in [5, 5.41) is 9.36. The Morgan fingerprint density at radius 1 is 0.824 bits per heavy atom. The summed E-state index contributed by atoms with van der Waals surface area (Å²) < 4.78 is 16.9. The van der Waals surface area contributed by atoms with Gasteiger partial charge in [-0.1, -0.05) is 75.1 Å². The van der Waals surface area contributed by atoms with E-state index < -0.39 is 5.97 Å². The van der Waals surface area contributed by atoms with E-state index in [2.05, 4.69) is 6.92 Å². The van der Waals surface area contributed by atoms with Crippen molar-refractivity contribution in [2.24, 2.45) is 23.5 Å². The maximum absolute atomic E-state index is 13.4. The number of carboxylic acid groups (broad SMARTS) is 1. The number of methoxy groups -OCH3 is 2. The summed E-state index contributed by atoms with van der Waals surface area (Å²) >= 11 is 0. The molecule has 0 aromatic heterocycles. The smallest absolute Gasteiger partial charge is 0.336 e. The lowest BCUT2D eigenvalue weighted by Crippen LogP contribution is -2.55. The molecule has 4 saturated carbocycles. The molecule has 0 unspecified atom stereocenters. The van der Waals surface area contributed by atoms with Crippen LogP contribution in [0.15, 0.2) is 66.7 Å². The number of para-hydroxylation sites is 1. The van der Waals surface area contributed by atoms with Crippen molar-refractivity contribution in [3.63, 3.8) is 0 Å². The first-order valence-electron chi connectivity index (χ1n) is 19.0. The number of hydrogen-bond donors (Lipinski definition) is 2. The van der Waals surface area contributed by atoms with Gasteiger partial charge in [-0.15, -0.1) is 0 Å². The second-order valence-electron chi connectivity index (χ2n) is 15.1. The highest BCUT2D eigenvalue weighted by Gasteiger charge is 2.48. The minimum absolute atomic E-state index is 0.103. The van der Waals surface area contributed by atoms with Gasteiger partial charge in [-0.25, -0.2) is 4.79 Å². The largest absolute Gasteiger partial charge is 0.493 e. The molecule has 7 rings (SSSR count). The average Bonchev–Trinajstić information content (AvgIpc) is 3.12. The number of aromatic carboxylic acids is 1. The van der Waals surface area contributed by atoms with Crippen LogP contribution in [0.3, 0.4) is 0 Å². The predicted octanol–water partition coefficient (Wildman–Crippen LogP) is 8.83. The van der Waals surface area contributed by atoms with Crippen molar-refractivity contribution >= 4 is 11.9 Å². The van der Waals surface area contributed by atoms with E-state index >= 15 is 0 Å². The number of carboxylic acids is 1. The maximum atomic E-state index is 13.4. The van der Waals surface area contributed by atoms with Crippen molar-refractivity contribution in [2.75, 3.05) is 20.8 Å². The zero-order chi connectivity index (χ0) is 36.2. The molecule has 8 nitrogen and oxygen atoms in total. The molecule has 3 N–H and O–H groups in total. The molecule has 1 amide bonds. The third kappa shape index (κ3) is 10.7. The quantitative estimate of drug-likeness (QED) is 0.136. The lowest BCUT2D eigenvalue weighted by Gasteiger charge is -2.55. The number of nitrogens with two attached hydrogens (primary N) is 1. The Morgan fingerprint density at radius 2 is 1.47 bits per heavy atom. The Bertz CT molecular complexity index is 1540.